The van der Waals surface area contributed by atoms with Crippen LogP contribution in [0.3, 0.4) is 0 Å². The van der Waals surface area contributed by atoms with Gasteiger partial charge in [0.15, 0.2) is 17.6 Å². The van der Waals surface area contributed by atoms with Crippen molar-refractivity contribution in [2.75, 3.05) is 13.2 Å². The smallest absolute Gasteiger partial charge is 0.168 e. The van der Waals surface area contributed by atoms with Crippen molar-refractivity contribution in [3.05, 3.63) is 48.4 Å². The number of benzene rings is 1. The van der Waals surface area contributed by atoms with Gasteiger partial charge in [-0.2, -0.15) is 0 Å². The summed E-state index contributed by atoms with van der Waals surface area (Å²) < 4.78 is 16.9. The SMILES string of the molecule is CCCOc1ccccc1OC(CN)c1ccco1. The van der Waals surface area contributed by atoms with Crippen LogP contribution < -0.4 is 15.2 Å². The van der Waals surface area contributed by atoms with Crippen LogP contribution in [0.5, 0.6) is 11.5 Å². The molecule has 0 radical (unpaired) electrons. The van der Waals surface area contributed by atoms with Crippen molar-refractivity contribution in [2.45, 2.75) is 19.4 Å². The minimum atomic E-state index is -0.304. The Bertz CT molecular complexity index is 482. The summed E-state index contributed by atoms with van der Waals surface area (Å²) in [4.78, 5) is 0. The summed E-state index contributed by atoms with van der Waals surface area (Å²) in [5.74, 6) is 2.13. The van der Waals surface area contributed by atoms with Crippen LogP contribution in [-0.2, 0) is 0 Å². The number of para-hydroxylation sites is 2. The lowest BCUT2D eigenvalue weighted by Gasteiger charge is -2.17. The maximum Gasteiger partial charge on any atom is 0.168 e. The lowest BCUT2D eigenvalue weighted by molar-refractivity contribution is 0.173. The van der Waals surface area contributed by atoms with Crippen LogP contribution >= 0.6 is 0 Å². The van der Waals surface area contributed by atoms with Gasteiger partial charge in [-0.1, -0.05) is 19.1 Å². The van der Waals surface area contributed by atoms with E-state index in [1.54, 1.807) is 6.26 Å². The van der Waals surface area contributed by atoms with Gasteiger partial charge in [0.05, 0.1) is 12.9 Å². The van der Waals surface area contributed by atoms with Crippen molar-refractivity contribution in [1.82, 2.24) is 0 Å². The first-order chi connectivity index (χ1) is 9.35. The average molecular weight is 261 g/mol. The van der Waals surface area contributed by atoms with E-state index in [4.69, 9.17) is 19.6 Å². The fourth-order valence-corrected chi connectivity index (χ4v) is 1.73. The van der Waals surface area contributed by atoms with Gasteiger partial charge in [-0.25, -0.2) is 0 Å². The van der Waals surface area contributed by atoms with E-state index in [-0.39, 0.29) is 6.10 Å². The van der Waals surface area contributed by atoms with E-state index in [1.165, 1.54) is 0 Å². The Morgan fingerprint density at radius 3 is 2.58 bits per heavy atom. The zero-order valence-corrected chi connectivity index (χ0v) is 11.0. The third kappa shape index (κ3) is 3.51. The first-order valence-corrected chi connectivity index (χ1v) is 6.47. The first kappa shape index (κ1) is 13.5. The Labute approximate surface area is 113 Å². The van der Waals surface area contributed by atoms with Gasteiger partial charge in [-0.3, -0.25) is 0 Å². The van der Waals surface area contributed by atoms with Crippen molar-refractivity contribution in [3.63, 3.8) is 0 Å². The third-order valence-electron chi connectivity index (χ3n) is 2.65. The van der Waals surface area contributed by atoms with Crippen LogP contribution in [0.15, 0.2) is 47.1 Å². The fourth-order valence-electron chi connectivity index (χ4n) is 1.73. The summed E-state index contributed by atoms with van der Waals surface area (Å²) in [6.45, 7) is 3.07. The molecule has 102 valence electrons. The Morgan fingerprint density at radius 2 is 1.95 bits per heavy atom. The lowest BCUT2D eigenvalue weighted by atomic mass is 10.2. The van der Waals surface area contributed by atoms with E-state index >= 15 is 0 Å². The van der Waals surface area contributed by atoms with Gasteiger partial charge in [-0.15, -0.1) is 0 Å². The number of furan rings is 1. The van der Waals surface area contributed by atoms with Crippen LogP contribution in [0, 0.1) is 0 Å². The van der Waals surface area contributed by atoms with Crippen molar-refractivity contribution in [3.8, 4) is 11.5 Å². The number of hydrogen-bond donors (Lipinski definition) is 1. The van der Waals surface area contributed by atoms with Crippen LogP contribution in [0.25, 0.3) is 0 Å². The van der Waals surface area contributed by atoms with Crippen LogP contribution in [0.2, 0.25) is 0 Å². The molecule has 0 aliphatic rings. The molecule has 2 N–H and O–H groups in total. The van der Waals surface area contributed by atoms with Gasteiger partial charge in [0, 0.05) is 6.54 Å². The molecule has 0 amide bonds. The standard InChI is InChI=1S/C15H19NO3/c1-2-9-17-12-6-3-4-7-14(12)19-15(11-16)13-8-5-10-18-13/h3-8,10,15H,2,9,11,16H2,1H3. The normalized spacial score (nSPS) is 12.1. The summed E-state index contributed by atoms with van der Waals surface area (Å²) >= 11 is 0. The molecule has 1 aromatic carbocycles. The molecule has 0 saturated heterocycles. The third-order valence-corrected chi connectivity index (χ3v) is 2.65. The number of rotatable bonds is 7. The van der Waals surface area contributed by atoms with E-state index in [0.29, 0.717) is 24.7 Å². The van der Waals surface area contributed by atoms with E-state index in [1.807, 2.05) is 36.4 Å². The quantitative estimate of drug-likeness (QED) is 0.831. The number of hydrogen-bond acceptors (Lipinski definition) is 4. The van der Waals surface area contributed by atoms with E-state index in [2.05, 4.69) is 6.92 Å². The number of ether oxygens (including phenoxy) is 2. The lowest BCUT2D eigenvalue weighted by Crippen LogP contribution is -2.18. The molecule has 1 unspecified atom stereocenters. The Morgan fingerprint density at radius 1 is 1.16 bits per heavy atom. The first-order valence-electron chi connectivity index (χ1n) is 6.47. The molecule has 0 saturated carbocycles. The molecule has 0 spiro atoms. The van der Waals surface area contributed by atoms with E-state index < -0.39 is 0 Å². The predicted octanol–water partition coefficient (Wildman–Crippen LogP) is 3.15. The Balaban J connectivity index is 2.13. The molecule has 2 aromatic rings. The van der Waals surface area contributed by atoms with Crippen LogP contribution in [0.4, 0.5) is 0 Å². The predicted molar refractivity (Wildman–Crippen MR) is 73.4 cm³/mol. The average Bonchev–Trinajstić information content (AvgIpc) is 2.97. The minimum Gasteiger partial charge on any atom is -0.490 e. The number of nitrogens with two attached hydrogens (primary N) is 1. The highest BCUT2D eigenvalue weighted by atomic mass is 16.5. The summed E-state index contributed by atoms with van der Waals surface area (Å²) in [7, 11) is 0. The molecule has 1 aromatic heterocycles. The largest absolute Gasteiger partial charge is 0.490 e. The highest BCUT2D eigenvalue weighted by Gasteiger charge is 2.16. The van der Waals surface area contributed by atoms with Crippen LogP contribution in [0.1, 0.15) is 25.2 Å². The molecule has 19 heavy (non-hydrogen) atoms. The highest BCUT2D eigenvalue weighted by molar-refractivity contribution is 5.39. The minimum absolute atomic E-state index is 0.304. The molecule has 0 fully saturated rings. The Kier molecular flexibility index (Phi) is 4.86. The molecule has 1 atom stereocenters. The van der Waals surface area contributed by atoms with Crippen molar-refractivity contribution in [1.29, 1.82) is 0 Å². The molecule has 2 rings (SSSR count). The summed E-state index contributed by atoms with van der Waals surface area (Å²) in [6, 6.07) is 11.3. The topological polar surface area (TPSA) is 57.6 Å². The van der Waals surface area contributed by atoms with Crippen LogP contribution in [-0.4, -0.2) is 13.2 Å². The molecule has 1 heterocycles. The maximum absolute atomic E-state index is 5.89. The zero-order chi connectivity index (χ0) is 13.5. The second-order valence-corrected chi connectivity index (χ2v) is 4.15. The summed E-state index contributed by atoms with van der Waals surface area (Å²) in [6.07, 6.45) is 2.26. The van der Waals surface area contributed by atoms with E-state index in [0.717, 1.165) is 12.2 Å². The van der Waals surface area contributed by atoms with Gasteiger partial charge >= 0.3 is 0 Å². The molecule has 0 bridgehead atoms. The second kappa shape index (κ2) is 6.85. The highest BCUT2D eigenvalue weighted by Crippen LogP contribution is 2.30. The summed E-state index contributed by atoms with van der Waals surface area (Å²) in [5.41, 5.74) is 5.74. The van der Waals surface area contributed by atoms with Crippen molar-refractivity contribution < 1.29 is 13.9 Å². The molecule has 4 nitrogen and oxygen atoms in total. The van der Waals surface area contributed by atoms with E-state index in [9.17, 15) is 0 Å². The molecule has 4 heteroatoms. The molecule has 0 aliphatic heterocycles. The van der Waals surface area contributed by atoms with Gasteiger partial charge in [0.25, 0.3) is 0 Å². The second-order valence-electron chi connectivity index (χ2n) is 4.15. The van der Waals surface area contributed by atoms with Crippen molar-refractivity contribution >= 4 is 0 Å². The maximum atomic E-state index is 5.89. The molecular formula is C15H19NO3. The molecule has 0 aliphatic carbocycles. The monoisotopic (exact) mass is 261 g/mol. The van der Waals surface area contributed by atoms with Gasteiger partial charge in [0.2, 0.25) is 0 Å². The Hall–Kier alpha value is -1.94. The van der Waals surface area contributed by atoms with Gasteiger partial charge in [-0.05, 0) is 30.7 Å². The molecular weight excluding hydrogens is 242 g/mol. The van der Waals surface area contributed by atoms with Gasteiger partial charge < -0.3 is 19.6 Å². The zero-order valence-electron chi connectivity index (χ0n) is 11.0. The van der Waals surface area contributed by atoms with Crippen molar-refractivity contribution in [2.24, 2.45) is 5.73 Å². The van der Waals surface area contributed by atoms with Gasteiger partial charge in [0.1, 0.15) is 5.76 Å². The summed E-state index contributed by atoms with van der Waals surface area (Å²) in [5, 5.41) is 0. The fraction of sp³-hybridized carbons (Fsp3) is 0.333.